The number of halogens is 1. The highest BCUT2D eigenvalue weighted by Gasteiger charge is 2.33. The number of benzene rings is 3. The van der Waals surface area contributed by atoms with Gasteiger partial charge < -0.3 is 29.4 Å². The van der Waals surface area contributed by atoms with Crippen molar-refractivity contribution in [2.75, 3.05) is 21.3 Å². The molecule has 0 amide bonds. The summed E-state index contributed by atoms with van der Waals surface area (Å²) in [5, 5.41) is 11.1. The summed E-state index contributed by atoms with van der Waals surface area (Å²) in [5.41, 5.74) is 7.69. The van der Waals surface area contributed by atoms with Crippen molar-refractivity contribution in [1.82, 2.24) is 0 Å². The summed E-state index contributed by atoms with van der Waals surface area (Å²) in [6, 6.07) is 18.0. The third-order valence-corrected chi connectivity index (χ3v) is 7.80. The van der Waals surface area contributed by atoms with Gasteiger partial charge in [-0.2, -0.15) is 5.26 Å². The van der Waals surface area contributed by atoms with Crippen molar-refractivity contribution in [3.05, 3.63) is 87.1 Å². The number of rotatable bonds is 6. The fourth-order valence-electron chi connectivity index (χ4n) is 4.41. The fourth-order valence-corrected chi connectivity index (χ4v) is 5.79. The van der Waals surface area contributed by atoms with Crippen LogP contribution in [0, 0.1) is 11.3 Å². The van der Waals surface area contributed by atoms with Gasteiger partial charge in [0.1, 0.15) is 28.0 Å². The highest BCUT2D eigenvalue weighted by atomic mass is 35.5. The van der Waals surface area contributed by atoms with E-state index in [9.17, 15) is 10.1 Å². The lowest BCUT2D eigenvalue weighted by Crippen LogP contribution is -2.21. The molecular formula is C28H21ClN2O6S. The van der Waals surface area contributed by atoms with E-state index in [1.165, 1.54) is 32.7 Å². The maximum atomic E-state index is 13.0. The van der Waals surface area contributed by atoms with Gasteiger partial charge in [-0.15, -0.1) is 11.3 Å². The molecule has 192 valence electrons. The molecule has 2 heterocycles. The molecule has 0 saturated heterocycles. The predicted octanol–water partition coefficient (Wildman–Crippen LogP) is 6.02. The Bertz CT molecular complexity index is 1630. The van der Waals surface area contributed by atoms with Crippen LogP contribution in [0.15, 0.2) is 66.1 Å². The van der Waals surface area contributed by atoms with Crippen molar-refractivity contribution in [2.45, 2.75) is 5.92 Å². The molecule has 0 radical (unpaired) electrons. The number of thiophene rings is 1. The third kappa shape index (κ3) is 4.24. The Morgan fingerprint density at radius 2 is 1.76 bits per heavy atom. The number of esters is 1. The molecule has 0 bridgehead atoms. The summed E-state index contributed by atoms with van der Waals surface area (Å²) >= 11 is 7.70. The van der Waals surface area contributed by atoms with E-state index in [1.54, 1.807) is 30.3 Å². The summed E-state index contributed by atoms with van der Waals surface area (Å²) in [6.07, 6.45) is 0. The quantitative estimate of drug-likeness (QED) is 0.230. The normalized spacial score (nSPS) is 14.3. The van der Waals surface area contributed by atoms with E-state index in [0.717, 1.165) is 10.1 Å². The molecule has 0 saturated carbocycles. The SMILES string of the molecule is COc1cc(C2C(C#N)=C(N)Oc3cc(OC(=O)c4sc5ccccc5c4Cl)ccc32)cc(OC)c1OC. The maximum absolute atomic E-state index is 13.0. The summed E-state index contributed by atoms with van der Waals surface area (Å²) in [7, 11) is 4.53. The first-order valence-corrected chi connectivity index (χ1v) is 12.5. The Hall–Kier alpha value is -4.39. The summed E-state index contributed by atoms with van der Waals surface area (Å²) < 4.78 is 28.7. The minimum Gasteiger partial charge on any atom is -0.493 e. The molecule has 1 aromatic heterocycles. The van der Waals surface area contributed by atoms with Crippen LogP contribution >= 0.6 is 22.9 Å². The Labute approximate surface area is 227 Å². The zero-order chi connectivity index (χ0) is 27.0. The van der Waals surface area contributed by atoms with E-state index >= 15 is 0 Å². The Morgan fingerprint density at radius 3 is 2.39 bits per heavy atom. The summed E-state index contributed by atoms with van der Waals surface area (Å²) in [5.74, 6) is 0.604. The summed E-state index contributed by atoms with van der Waals surface area (Å²) in [4.78, 5) is 13.3. The van der Waals surface area contributed by atoms with Crippen molar-refractivity contribution in [1.29, 1.82) is 5.26 Å². The lowest BCUT2D eigenvalue weighted by Gasteiger charge is -2.27. The van der Waals surface area contributed by atoms with Gasteiger partial charge in [-0.1, -0.05) is 35.9 Å². The predicted molar refractivity (Wildman–Crippen MR) is 144 cm³/mol. The van der Waals surface area contributed by atoms with Crippen LogP contribution in [0.2, 0.25) is 5.02 Å². The molecule has 10 heteroatoms. The second-order valence-corrected chi connectivity index (χ2v) is 9.64. The number of carbonyl (C=O) groups is 1. The summed E-state index contributed by atoms with van der Waals surface area (Å²) in [6.45, 7) is 0. The molecule has 1 aliphatic heterocycles. The number of nitrogens with zero attached hydrogens (tertiary/aromatic N) is 1. The Morgan fingerprint density at radius 1 is 1.05 bits per heavy atom. The number of methoxy groups -OCH3 is 3. The van der Waals surface area contributed by atoms with E-state index in [0.29, 0.717) is 44.0 Å². The number of fused-ring (bicyclic) bond motifs is 2. The van der Waals surface area contributed by atoms with Crippen molar-refractivity contribution < 1.29 is 28.5 Å². The minimum absolute atomic E-state index is 0.0604. The van der Waals surface area contributed by atoms with Gasteiger partial charge in [-0.3, -0.25) is 0 Å². The average molecular weight is 549 g/mol. The van der Waals surface area contributed by atoms with Crippen LogP contribution < -0.4 is 29.4 Å². The molecule has 3 aromatic carbocycles. The van der Waals surface area contributed by atoms with Crippen LogP contribution in [0.5, 0.6) is 28.7 Å². The fraction of sp³-hybridized carbons (Fsp3) is 0.143. The van der Waals surface area contributed by atoms with E-state index < -0.39 is 11.9 Å². The lowest BCUT2D eigenvalue weighted by atomic mass is 9.83. The molecule has 4 aromatic rings. The van der Waals surface area contributed by atoms with Gasteiger partial charge in [0.25, 0.3) is 0 Å². The highest BCUT2D eigenvalue weighted by Crippen LogP contribution is 2.48. The average Bonchev–Trinajstić information content (AvgIpc) is 3.27. The largest absolute Gasteiger partial charge is 0.493 e. The number of allylic oxidation sites excluding steroid dienone is 1. The van der Waals surface area contributed by atoms with E-state index in [-0.39, 0.29) is 17.2 Å². The minimum atomic E-state index is -0.598. The van der Waals surface area contributed by atoms with Crippen LogP contribution in [0.4, 0.5) is 0 Å². The molecule has 1 unspecified atom stereocenters. The second kappa shape index (κ2) is 10.2. The molecule has 1 aliphatic rings. The van der Waals surface area contributed by atoms with Crippen LogP contribution in [0.1, 0.15) is 26.7 Å². The first-order valence-electron chi connectivity index (χ1n) is 11.3. The zero-order valence-electron chi connectivity index (χ0n) is 20.5. The van der Waals surface area contributed by atoms with Gasteiger partial charge >= 0.3 is 5.97 Å². The molecule has 2 N–H and O–H groups in total. The van der Waals surface area contributed by atoms with Gasteiger partial charge in [0.15, 0.2) is 11.5 Å². The first kappa shape index (κ1) is 25.3. The number of carbonyl (C=O) groups excluding carboxylic acids is 1. The van der Waals surface area contributed by atoms with E-state index in [2.05, 4.69) is 6.07 Å². The van der Waals surface area contributed by atoms with Gasteiger partial charge in [-0.25, -0.2) is 4.79 Å². The lowest BCUT2D eigenvalue weighted by molar-refractivity contribution is 0.0740. The standard InChI is InChI=1S/C28H21ClN2O6S/c1-33-20-10-14(11-21(34-2)25(20)35-3)23-16-9-8-15(12-19(16)37-27(31)18(23)13-30)36-28(32)26-24(29)17-6-4-5-7-22(17)38-26/h4-12,23H,31H2,1-3H3. The first-order chi connectivity index (χ1) is 18.4. The number of ether oxygens (including phenoxy) is 5. The second-order valence-electron chi connectivity index (χ2n) is 8.21. The maximum Gasteiger partial charge on any atom is 0.355 e. The molecule has 0 fully saturated rings. The number of nitriles is 1. The smallest absolute Gasteiger partial charge is 0.355 e. The topological polar surface area (TPSA) is 113 Å². The van der Waals surface area contributed by atoms with Crippen LogP contribution in [0.3, 0.4) is 0 Å². The zero-order valence-corrected chi connectivity index (χ0v) is 22.1. The molecule has 1 atom stereocenters. The molecule has 8 nitrogen and oxygen atoms in total. The van der Waals surface area contributed by atoms with Gasteiger partial charge in [0.2, 0.25) is 11.6 Å². The van der Waals surface area contributed by atoms with Crippen LogP contribution in [-0.2, 0) is 0 Å². The molecule has 0 spiro atoms. The van der Waals surface area contributed by atoms with E-state index in [4.69, 9.17) is 41.0 Å². The van der Waals surface area contributed by atoms with Crippen molar-refractivity contribution in [3.8, 4) is 34.8 Å². The number of nitrogens with two attached hydrogens (primary N) is 1. The van der Waals surface area contributed by atoms with Gasteiger partial charge in [0.05, 0.1) is 32.3 Å². The van der Waals surface area contributed by atoms with Gasteiger partial charge in [-0.05, 0) is 29.8 Å². The molecule has 38 heavy (non-hydrogen) atoms. The van der Waals surface area contributed by atoms with Crippen LogP contribution in [0.25, 0.3) is 10.1 Å². The van der Waals surface area contributed by atoms with Crippen molar-refractivity contribution >= 4 is 39.0 Å². The van der Waals surface area contributed by atoms with E-state index in [1.807, 2.05) is 24.3 Å². The third-order valence-electron chi connectivity index (χ3n) is 6.14. The Balaban J connectivity index is 1.53. The molecule has 0 aliphatic carbocycles. The molecule has 5 rings (SSSR count). The van der Waals surface area contributed by atoms with Gasteiger partial charge in [0, 0.05) is 21.7 Å². The van der Waals surface area contributed by atoms with Crippen LogP contribution in [-0.4, -0.2) is 27.3 Å². The number of hydrogen-bond acceptors (Lipinski definition) is 9. The Kier molecular flexibility index (Phi) is 6.76. The van der Waals surface area contributed by atoms with Crippen molar-refractivity contribution in [2.24, 2.45) is 5.73 Å². The van der Waals surface area contributed by atoms with Crippen molar-refractivity contribution in [3.63, 3.8) is 0 Å². The number of hydrogen-bond donors (Lipinski definition) is 1. The highest BCUT2D eigenvalue weighted by molar-refractivity contribution is 7.21. The monoisotopic (exact) mass is 548 g/mol. The molecular weight excluding hydrogens is 528 g/mol.